The van der Waals surface area contributed by atoms with Gasteiger partial charge in [0.05, 0.1) is 6.61 Å². The first-order valence-corrected chi connectivity index (χ1v) is 6.41. The lowest BCUT2D eigenvalue weighted by atomic mass is 10.2. The molecule has 1 rings (SSSR count). The van der Waals surface area contributed by atoms with Crippen molar-refractivity contribution in [3.63, 3.8) is 0 Å². The third-order valence-corrected chi connectivity index (χ3v) is 2.52. The Balaban J connectivity index is 1.94. The molecule has 0 fully saturated rings. The molecule has 3 N–H and O–H groups in total. The van der Waals surface area contributed by atoms with Gasteiger partial charge in [0.15, 0.2) is 0 Å². The van der Waals surface area contributed by atoms with Gasteiger partial charge < -0.3 is 15.8 Å². The third-order valence-electron chi connectivity index (χ3n) is 2.52. The van der Waals surface area contributed by atoms with Crippen LogP contribution in [-0.4, -0.2) is 25.6 Å². The van der Waals surface area contributed by atoms with Crippen LogP contribution in [0.5, 0.6) is 0 Å². The zero-order valence-electron chi connectivity index (χ0n) is 10.7. The molecule has 18 heavy (non-hydrogen) atoms. The van der Waals surface area contributed by atoms with E-state index < -0.39 is 0 Å². The van der Waals surface area contributed by atoms with Gasteiger partial charge in [-0.05, 0) is 18.4 Å². The summed E-state index contributed by atoms with van der Waals surface area (Å²) in [5, 5.41) is 2.74. The minimum absolute atomic E-state index is 0.0727. The van der Waals surface area contributed by atoms with Crippen molar-refractivity contribution in [3.05, 3.63) is 35.9 Å². The van der Waals surface area contributed by atoms with Crippen LogP contribution in [0.25, 0.3) is 0 Å². The van der Waals surface area contributed by atoms with E-state index in [1.807, 2.05) is 30.3 Å². The van der Waals surface area contributed by atoms with Crippen LogP contribution in [0.15, 0.2) is 30.3 Å². The quantitative estimate of drug-likeness (QED) is 0.652. The molecule has 1 aromatic carbocycles. The van der Waals surface area contributed by atoms with E-state index in [0.717, 1.165) is 12.8 Å². The van der Waals surface area contributed by atoms with Crippen LogP contribution in [0.4, 0.5) is 0 Å². The Hall–Kier alpha value is -1.39. The number of hydrogen-bond donors (Lipinski definition) is 2. The van der Waals surface area contributed by atoms with Crippen LogP contribution >= 0.6 is 0 Å². The summed E-state index contributed by atoms with van der Waals surface area (Å²) in [6, 6.07) is 10.1. The first-order chi connectivity index (χ1) is 8.83. The summed E-state index contributed by atoms with van der Waals surface area (Å²) < 4.78 is 5.53. The van der Waals surface area contributed by atoms with Crippen LogP contribution in [0.1, 0.15) is 24.8 Å². The highest BCUT2D eigenvalue weighted by atomic mass is 16.5. The van der Waals surface area contributed by atoms with Crippen LogP contribution in [0.3, 0.4) is 0 Å². The summed E-state index contributed by atoms with van der Waals surface area (Å²) in [6.45, 7) is 2.38. The van der Waals surface area contributed by atoms with Gasteiger partial charge in [0.25, 0.3) is 0 Å². The van der Waals surface area contributed by atoms with Crippen LogP contribution in [0.2, 0.25) is 0 Å². The Morgan fingerprint density at radius 1 is 1.22 bits per heavy atom. The number of carbonyl (C=O) groups is 1. The second kappa shape index (κ2) is 9.62. The molecule has 0 aliphatic heterocycles. The van der Waals surface area contributed by atoms with Crippen molar-refractivity contribution < 1.29 is 9.53 Å². The highest BCUT2D eigenvalue weighted by molar-refractivity contribution is 5.75. The van der Waals surface area contributed by atoms with Gasteiger partial charge in [-0.15, -0.1) is 0 Å². The molecule has 4 heteroatoms. The van der Waals surface area contributed by atoms with E-state index in [9.17, 15) is 4.79 Å². The summed E-state index contributed by atoms with van der Waals surface area (Å²) in [4.78, 5) is 11.2. The lowest BCUT2D eigenvalue weighted by Crippen LogP contribution is -2.28. The molecule has 0 spiro atoms. The van der Waals surface area contributed by atoms with Crippen LogP contribution in [-0.2, 0) is 16.1 Å². The van der Waals surface area contributed by atoms with Gasteiger partial charge in [-0.2, -0.15) is 0 Å². The molecule has 0 saturated heterocycles. The van der Waals surface area contributed by atoms with Gasteiger partial charge in [-0.1, -0.05) is 30.3 Å². The highest BCUT2D eigenvalue weighted by Gasteiger charge is 1.99. The maximum atomic E-state index is 11.2. The molecule has 0 aliphatic carbocycles. The maximum absolute atomic E-state index is 11.2. The molecule has 0 unspecified atom stereocenters. The molecule has 0 radical (unpaired) electrons. The maximum Gasteiger partial charge on any atom is 0.220 e. The van der Waals surface area contributed by atoms with Crippen molar-refractivity contribution in [1.82, 2.24) is 5.32 Å². The van der Waals surface area contributed by atoms with Crippen molar-refractivity contribution in [2.45, 2.75) is 25.9 Å². The predicted molar refractivity (Wildman–Crippen MR) is 72.0 cm³/mol. The molecule has 0 bridgehead atoms. The van der Waals surface area contributed by atoms with Crippen molar-refractivity contribution in [1.29, 1.82) is 0 Å². The van der Waals surface area contributed by atoms with Gasteiger partial charge in [-0.3, -0.25) is 4.79 Å². The molecular weight excluding hydrogens is 228 g/mol. The highest BCUT2D eigenvalue weighted by Crippen LogP contribution is 2.02. The molecule has 100 valence electrons. The Morgan fingerprint density at radius 2 is 2.00 bits per heavy atom. The summed E-state index contributed by atoms with van der Waals surface area (Å²) in [5.74, 6) is 0.0727. The number of rotatable bonds is 9. The summed E-state index contributed by atoms with van der Waals surface area (Å²) >= 11 is 0. The molecule has 1 amide bonds. The fourth-order valence-corrected chi connectivity index (χ4v) is 1.55. The standard InChI is InChI=1S/C14H22N2O2/c15-9-10-16-14(17)8-4-5-11-18-12-13-6-2-1-3-7-13/h1-3,6-7H,4-5,8-12,15H2,(H,16,17). The van der Waals surface area contributed by atoms with E-state index in [4.69, 9.17) is 10.5 Å². The molecule has 0 atom stereocenters. The smallest absolute Gasteiger partial charge is 0.220 e. The minimum Gasteiger partial charge on any atom is -0.377 e. The minimum atomic E-state index is 0.0727. The third kappa shape index (κ3) is 7.04. The molecule has 0 heterocycles. The number of ether oxygens (including phenoxy) is 1. The second-order valence-electron chi connectivity index (χ2n) is 4.13. The topological polar surface area (TPSA) is 64.3 Å². The fraction of sp³-hybridized carbons (Fsp3) is 0.500. The average molecular weight is 250 g/mol. The molecule has 0 aliphatic rings. The summed E-state index contributed by atoms with van der Waals surface area (Å²) in [6.07, 6.45) is 2.31. The molecular formula is C14H22N2O2. The van der Waals surface area contributed by atoms with Gasteiger partial charge >= 0.3 is 0 Å². The van der Waals surface area contributed by atoms with E-state index in [1.54, 1.807) is 0 Å². The van der Waals surface area contributed by atoms with E-state index in [2.05, 4.69) is 5.32 Å². The Bertz CT molecular complexity index is 328. The fourth-order valence-electron chi connectivity index (χ4n) is 1.55. The number of nitrogens with one attached hydrogen (secondary N) is 1. The lowest BCUT2D eigenvalue weighted by molar-refractivity contribution is -0.121. The number of amides is 1. The Morgan fingerprint density at radius 3 is 2.72 bits per heavy atom. The monoisotopic (exact) mass is 250 g/mol. The second-order valence-corrected chi connectivity index (χ2v) is 4.13. The molecule has 0 saturated carbocycles. The zero-order valence-corrected chi connectivity index (χ0v) is 10.7. The van der Waals surface area contributed by atoms with Crippen molar-refractivity contribution in [3.8, 4) is 0 Å². The lowest BCUT2D eigenvalue weighted by Gasteiger charge is -2.05. The van der Waals surface area contributed by atoms with E-state index >= 15 is 0 Å². The first-order valence-electron chi connectivity index (χ1n) is 6.41. The van der Waals surface area contributed by atoms with Gasteiger partial charge in [0.2, 0.25) is 5.91 Å². The van der Waals surface area contributed by atoms with Crippen LogP contribution in [0, 0.1) is 0 Å². The van der Waals surface area contributed by atoms with E-state index in [-0.39, 0.29) is 5.91 Å². The zero-order chi connectivity index (χ0) is 13.1. The van der Waals surface area contributed by atoms with E-state index in [0.29, 0.717) is 32.7 Å². The SMILES string of the molecule is NCCNC(=O)CCCCOCc1ccccc1. The van der Waals surface area contributed by atoms with Crippen molar-refractivity contribution >= 4 is 5.91 Å². The Labute approximate surface area is 109 Å². The molecule has 1 aromatic rings. The number of nitrogens with two attached hydrogens (primary N) is 1. The largest absolute Gasteiger partial charge is 0.377 e. The Kier molecular flexibility index (Phi) is 7.84. The summed E-state index contributed by atoms with van der Waals surface area (Å²) in [7, 11) is 0. The van der Waals surface area contributed by atoms with Gasteiger partial charge in [0, 0.05) is 26.1 Å². The van der Waals surface area contributed by atoms with Crippen molar-refractivity contribution in [2.24, 2.45) is 5.73 Å². The van der Waals surface area contributed by atoms with Gasteiger partial charge in [-0.25, -0.2) is 0 Å². The average Bonchev–Trinajstić information content (AvgIpc) is 2.41. The molecule has 4 nitrogen and oxygen atoms in total. The normalized spacial score (nSPS) is 10.3. The van der Waals surface area contributed by atoms with Crippen molar-refractivity contribution in [2.75, 3.05) is 19.7 Å². The number of benzene rings is 1. The first kappa shape index (κ1) is 14.7. The van der Waals surface area contributed by atoms with Crippen LogP contribution < -0.4 is 11.1 Å². The number of unbranched alkanes of at least 4 members (excludes halogenated alkanes) is 1. The number of carbonyl (C=O) groups excluding carboxylic acids is 1. The molecule has 0 aromatic heterocycles. The van der Waals surface area contributed by atoms with Gasteiger partial charge in [0.1, 0.15) is 0 Å². The predicted octanol–water partition coefficient (Wildman–Crippen LogP) is 1.45. The van der Waals surface area contributed by atoms with E-state index in [1.165, 1.54) is 5.56 Å². The summed E-state index contributed by atoms with van der Waals surface area (Å²) in [5.41, 5.74) is 6.47. The number of hydrogen-bond acceptors (Lipinski definition) is 3.